The quantitative estimate of drug-likeness (QED) is 0.843. The van der Waals surface area contributed by atoms with Gasteiger partial charge in [0.2, 0.25) is 5.95 Å². The van der Waals surface area contributed by atoms with Crippen molar-refractivity contribution < 1.29 is 0 Å². The number of halogens is 2. The summed E-state index contributed by atoms with van der Waals surface area (Å²) in [7, 11) is 0. The van der Waals surface area contributed by atoms with Crippen LogP contribution in [0.3, 0.4) is 0 Å². The molecule has 1 aromatic rings. The van der Waals surface area contributed by atoms with E-state index < -0.39 is 0 Å². The van der Waals surface area contributed by atoms with Crippen LogP contribution in [-0.4, -0.2) is 15.5 Å². The fourth-order valence-corrected chi connectivity index (χ4v) is 2.60. The maximum absolute atomic E-state index is 5.88. The SMILES string of the molecule is Clc1nc(NC23CC(C2)C3)ncc1Br. The van der Waals surface area contributed by atoms with Crippen molar-refractivity contribution in [1.29, 1.82) is 0 Å². The highest BCUT2D eigenvalue weighted by Gasteiger charge is 2.56. The maximum atomic E-state index is 5.88. The average molecular weight is 275 g/mol. The van der Waals surface area contributed by atoms with Crippen LogP contribution in [0.25, 0.3) is 0 Å². The molecule has 0 atom stereocenters. The minimum absolute atomic E-state index is 0.307. The van der Waals surface area contributed by atoms with Gasteiger partial charge in [0.05, 0.1) is 4.47 Å². The summed E-state index contributed by atoms with van der Waals surface area (Å²) in [4.78, 5) is 8.34. The normalized spacial score (nSPS) is 33.1. The molecule has 3 aliphatic carbocycles. The lowest BCUT2D eigenvalue weighted by Gasteiger charge is -2.61. The van der Waals surface area contributed by atoms with Crippen LogP contribution in [0.1, 0.15) is 19.3 Å². The van der Waals surface area contributed by atoms with Gasteiger partial charge in [-0.05, 0) is 41.1 Å². The van der Waals surface area contributed by atoms with Crippen LogP contribution in [0.15, 0.2) is 10.7 Å². The Hall–Kier alpha value is -0.350. The lowest BCUT2D eigenvalue weighted by molar-refractivity contribution is 0.00146. The Kier molecular flexibility index (Phi) is 1.80. The van der Waals surface area contributed by atoms with Crippen LogP contribution in [0.5, 0.6) is 0 Å². The Balaban J connectivity index is 1.79. The zero-order valence-electron chi connectivity index (χ0n) is 7.43. The fourth-order valence-electron chi connectivity index (χ4n) is 2.28. The van der Waals surface area contributed by atoms with Gasteiger partial charge in [0.1, 0.15) is 5.15 Å². The van der Waals surface area contributed by atoms with Gasteiger partial charge in [0.15, 0.2) is 0 Å². The van der Waals surface area contributed by atoms with Crippen LogP contribution in [0.4, 0.5) is 5.95 Å². The summed E-state index contributed by atoms with van der Waals surface area (Å²) in [5.74, 6) is 1.60. The molecule has 4 rings (SSSR count). The molecule has 0 amide bonds. The van der Waals surface area contributed by atoms with E-state index in [4.69, 9.17) is 11.6 Å². The summed E-state index contributed by atoms with van der Waals surface area (Å²) >= 11 is 9.14. The van der Waals surface area contributed by atoms with Crippen molar-refractivity contribution in [3.63, 3.8) is 0 Å². The molecule has 0 radical (unpaired) electrons. The smallest absolute Gasteiger partial charge is 0.224 e. The van der Waals surface area contributed by atoms with Crippen LogP contribution in [0, 0.1) is 5.92 Å². The predicted molar refractivity (Wildman–Crippen MR) is 58.4 cm³/mol. The number of hydrogen-bond donors (Lipinski definition) is 1. The molecule has 3 nitrogen and oxygen atoms in total. The fraction of sp³-hybridized carbons (Fsp3) is 0.556. The van der Waals surface area contributed by atoms with Crippen molar-refractivity contribution in [2.75, 3.05) is 5.32 Å². The number of aromatic nitrogens is 2. The number of rotatable bonds is 2. The minimum atomic E-state index is 0.307. The summed E-state index contributed by atoms with van der Waals surface area (Å²) in [5.41, 5.74) is 0.307. The molecule has 1 aromatic heterocycles. The van der Waals surface area contributed by atoms with Crippen molar-refractivity contribution in [2.45, 2.75) is 24.8 Å². The Morgan fingerprint density at radius 3 is 2.71 bits per heavy atom. The maximum Gasteiger partial charge on any atom is 0.224 e. The van der Waals surface area contributed by atoms with E-state index in [-0.39, 0.29) is 0 Å². The molecule has 1 N–H and O–H groups in total. The second-order valence-corrected chi connectivity index (χ2v) is 5.43. The van der Waals surface area contributed by atoms with Crippen molar-refractivity contribution in [2.24, 2.45) is 5.92 Å². The van der Waals surface area contributed by atoms with Crippen molar-refractivity contribution >= 4 is 33.5 Å². The molecule has 0 saturated heterocycles. The standard InChI is InChI=1S/C9H9BrClN3/c10-6-4-12-8(13-7(6)11)14-9-1-5(2-9)3-9/h4-5H,1-3H2,(H,12,13,14). The zero-order valence-corrected chi connectivity index (χ0v) is 9.77. The third-order valence-corrected chi connectivity index (χ3v) is 4.21. The average Bonchev–Trinajstić information content (AvgIpc) is 2.01. The van der Waals surface area contributed by atoms with Gasteiger partial charge >= 0.3 is 0 Å². The van der Waals surface area contributed by atoms with Crippen LogP contribution in [-0.2, 0) is 0 Å². The summed E-state index contributed by atoms with van der Waals surface area (Å²) in [6.45, 7) is 0. The van der Waals surface area contributed by atoms with Gasteiger partial charge < -0.3 is 5.32 Å². The number of nitrogens with one attached hydrogen (secondary N) is 1. The Morgan fingerprint density at radius 2 is 2.21 bits per heavy atom. The first kappa shape index (κ1) is 8.92. The van der Waals surface area contributed by atoms with E-state index in [1.165, 1.54) is 19.3 Å². The summed E-state index contributed by atoms with van der Waals surface area (Å²) in [6, 6.07) is 0. The molecule has 5 heteroatoms. The molecule has 0 aliphatic heterocycles. The molecule has 0 spiro atoms. The number of hydrogen-bond acceptors (Lipinski definition) is 3. The summed E-state index contributed by atoms with van der Waals surface area (Å²) in [6.07, 6.45) is 5.49. The molecule has 2 bridgehead atoms. The summed E-state index contributed by atoms with van der Waals surface area (Å²) < 4.78 is 0.738. The van der Waals surface area contributed by atoms with E-state index in [1.807, 2.05) is 0 Å². The Labute approximate surface area is 95.4 Å². The largest absolute Gasteiger partial charge is 0.349 e. The monoisotopic (exact) mass is 273 g/mol. The lowest BCUT2D eigenvalue weighted by atomic mass is 9.50. The number of anilines is 1. The highest BCUT2D eigenvalue weighted by atomic mass is 79.9. The topological polar surface area (TPSA) is 37.8 Å². The van der Waals surface area contributed by atoms with Gasteiger partial charge in [0.25, 0.3) is 0 Å². The second-order valence-electron chi connectivity index (χ2n) is 4.22. The zero-order chi connectivity index (χ0) is 9.76. The molecule has 74 valence electrons. The van der Waals surface area contributed by atoms with Crippen LogP contribution >= 0.6 is 27.5 Å². The van der Waals surface area contributed by atoms with Gasteiger partial charge in [-0.25, -0.2) is 4.98 Å². The molecule has 1 heterocycles. The van der Waals surface area contributed by atoms with E-state index in [0.29, 0.717) is 16.6 Å². The van der Waals surface area contributed by atoms with Gasteiger partial charge in [0, 0.05) is 11.7 Å². The molecule has 3 aliphatic rings. The first-order chi connectivity index (χ1) is 6.67. The molecule has 3 fully saturated rings. The number of nitrogens with zero attached hydrogens (tertiary/aromatic N) is 2. The lowest BCUT2D eigenvalue weighted by Crippen LogP contribution is -2.63. The molecular formula is C9H9BrClN3. The molecule has 3 saturated carbocycles. The van der Waals surface area contributed by atoms with Crippen LogP contribution < -0.4 is 5.32 Å². The highest BCUT2D eigenvalue weighted by Crippen LogP contribution is 2.58. The van der Waals surface area contributed by atoms with E-state index in [9.17, 15) is 0 Å². The third-order valence-electron chi connectivity index (χ3n) is 3.12. The van der Waals surface area contributed by atoms with Gasteiger partial charge in [-0.1, -0.05) is 11.6 Å². The van der Waals surface area contributed by atoms with E-state index in [1.54, 1.807) is 6.20 Å². The van der Waals surface area contributed by atoms with Gasteiger partial charge in [-0.2, -0.15) is 4.98 Å². The predicted octanol–water partition coefficient (Wildman–Crippen LogP) is 2.86. The Bertz CT molecular complexity index is 379. The van der Waals surface area contributed by atoms with Gasteiger partial charge in [-0.3, -0.25) is 0 Å². The molecule has 0 unspecified atom stereocenters. The molecule has 14 heavy (non-hydrogen) atoms. The first-order valence-electron chi connectivity index (χ1n) is 4.63. The van der Waals surface area contributed by atoms with Crippen molar-refractivity contribution in [1.82, 2.24) is 9.97 Å². The molecule has 0 aromatic carbocycles. The van der Waals surface area contributed by atoms with Gasteiger partial charge in [-0.15, -0.1) is 0 Å². The minimum Gasteiger partial charge on any atom is -0.349 e. The van der Waals surface area contributed by atoms with E-state index in [2.05, 4.69) is 31.2 Å². The second kappa shape index (κ2) is 2.83. The van der Waals surface area contributed by atoms with Crippen LogP contribution in [0.2, 0.25) is 5.15 Å². The third kappa shape index (κ3) is 1.24. The summed E-state index contributed by atoms with van der Waals surface area (Å²) in [5, 5.41) is 3.83. The van der Waals surface area contributed by atoms with E-state index >= 15 is 0 Å². The first-order valence-corrected chi connectivity index (χ1v) is 5.80. The van der Waals surface area contributed by atoms with E-state index in [0.717, 1.165) is 10.4 Å². The Morgan fingerprint density at radius 1 is 1.50 bits per heavy atom. The van der Waals surface area contributed by atoms with Crippen molar-refractivity contribution in [3.05, 3.63) is 15.8 Å². The highest BCUT2D eigenvalue weighted by molar-refractivity contribution is 9.10. The molecular weight excluding hydrogens is 265 g/mol. The van der Waals surface area contributed by atoms with Crippen molar-refractivity contribution in [3.8, 4) is 0 Å².